The maximum Gasteiger partial charge on any atom is 0.338 e. The zero-order chi connectivity index (χ0) is 58.1. The Balaban J connectivity index is -0.0000000956. The van der Waals surface area contributed by atoms with Crippen LogP contribution in [0.25, 0.3) is 0 Å². The van der Waals surface area contributed by atoms with Crippen LogP contribution in [-0.4, -0.2) is 152 Å². The smallest absolute Gasteiger partial charge is 0.338 e. The Kier molecular flexibility index (Phi) is 50.4. The number of carboxylic acids is 10. The van der Waals surface area contributed by atoms with Gasteiger partial charge in [0, 0.05) is 25.0 Å². The Morgan fingerprint density at radius 1 is 0.475 bits per heavy atom. The summed E-state index contributed by atoms with van der Waals surface area (Å²) in [6, 6.07) is 0. The fourth-order valence-electron chi connectivity index (χ4n) is 6.12. The lowest BCUT2D eigenvalue weighted by atomic mass is 9.74. The topological polar surface area (TPSA) is 535 Å². The molecule has 0 bridgehead atoms. The molecule has 3 aliphatic heterocycles. The minimum atomic E-state index is -1.83. The van der Waals surface area contributed by atoms with Gasteiger partial charge in [0.25, 0.3) is 0 Å². The van der Waals surface area contributed by atoms with Crippen LogP contribution < -0.4 is 0 Å². The number of ether oxygens (including phenoxy) is 3. The number of rotatable bonds is 21. The van der Waals surface area contributed by atoms with Crippen molar-refractivity contribution in [3.8, 4) is 0 Å². The molecule has 0 saturated carbocycles. The number of carbonyl (C=O) groups excluding carboxylic acids is 6. The second kappa shape index (κ2) is 42.8. The fraction of sp³-hybridized carbons (Fsp3) is 0.640. The largest absolute Gasteiger partial charge is 0.481 e. The maximum atomic E-state index is 11.4. The molecule has 0 aliphatic carbocycles. The Morgan fingerprint density at radius 2 is 0.762 bits per heavy atom. The number of carbonyl (C=O) groups is 16. The Hall–Kier alpha value is -8.18. The van der Waals surface area contributed by atoms with Crippen molar-refractivity contribution >= 4 is 95.5 Å². The number of esters is 6. The predicted molar refractivity (Wildman–Crippen MR) is 278 cm³/mol. The van der Waals surface area contributed by atoms with Crippen LogP contribution in [0, 0.1) is 51.8 Å². The van der Waals surface area contributed by atoms with Crippen LogP contribution in [0.2, 0.25) is 0 Å². The molecule has 0 aromatic heterocycles. The van der Waals surface area contributed by atoms with Crippen molar-refractivity contribution in [3.63, 3.8) is 0 Å². The van der Waals surface area contributed by atoms with Crippen LogP contribution in [0.3, 0.4) is 0 Å². The highest BCUT2D eigenvalue weighted by Crippen LogP contribution is 2.39. The van der Waals surface area contributed by atoms with E-state index in [1.165, 1.54) is 27.7 Å². The van der Waals surface area contributed by atoms with Crippen molar-refractivity contribution in [1.29, 1.82) is 0 Å². The van der Waals surface area contributed by atoms with Gasteiger partial charge < -0.3 is 70.8 Å². The van der Waals surface area contributed by atoms with Gasteiger partial charge >= 0.3 is 95.5 Å². The highest BCUT2D eigenvalue weighted by Gasteiger charge is 2.50. The molecule has 0 radical (unpaired) electrons. The van der Waals surface area contributed by atoms with Crippen LogP contribution in [0.1, 0.15) is 158 Å². The first kappa shape index (κ1) is 94.3. The molecular formula is C50H86O30. The molecular weight excluding hydrogens is 1080 g/mol. The number of aliphatic carboxylic acids is 10. The minimum absolute atomic E-state index is 0. The zero-order valence-electron chi connectivity index (χ0n) is 41.2. The van der Waals surface area contributed by atoms with E-state index in [4.69, 9.17) is 51.1 Å². The number of hydrogen-bond acceptors (Lipinski definition) is 19. The molecule has 3 aliphatic rings. The summed E-state index contributed by atoms with van der Waals surface area (Å²) in [5, 5.41) is 86.7. The van der Waals surface area contributed by atoms with Crippen LogP contribution in [-0.2, 0) is 90.9 Å². The van der Waals surface area contributed by atoms with E-state index in [0.29, 0.717) is 6.42 Å². The molecule has 466 valence electrons. The van der Waals surface area contributed by atoms with E-state index in [0.717, 1.165) is 32.4 Å². The van der Waals surface area contributed by atoms with E-state index in [1.54, 1.807) is 6.92 Å². The van der Waals surface area contributed by atoms with Gasteiger partial charge in [0.2, 0.25) is 0 Å². The molecule has 0 spiro atoms. The summed E-state index contributed by atoms with van der Waals surface area (Å²) >= 11 is 0. The van der Waals surface area contributed by atoms with E-state index in [-0.39, 0.29) is 69.3 Å². The van der Waals surface area contributed by atoms with Gasteiger partial charge in [-0.05, 0) is 46.5 Å². The molecule has 9 atom stereocenters. The Labute approximate surface area is 463 Å². The van der Waals surface area contributed by atoms with Crippen molar-refractivity contribution < 1.29 is 147 Å². The van der Waals surface area contributed by atoms with E-state index >= 15 is 0 Å². The van der Waals surface area contributed by atoms with Crippen molar-refractivity contribution in [2.75, 3.05) is 0 Å². The van der Waals surface area contributed by atoms with Crippen molar-refractivity contribution in [1.82, 2.24) is 0 Å². The molecule has 0 aromatic rings. The SMILES string of the molecule is C.C.C.C.C.C.CC(C(=O)O)C(CC(C)(CC(=O)O)C(=O)O)C(=O)O.CC1C(=O)OC(=O)C1CC(C)(CC(=O)O)C(=O)O.CC1C(=O)OC(=O)C1CC(C)(CC(=O)O)C(=O)O.CCC(=O)O.CCCC(=O)O.O.O=C1C=CC(=O)O1. The number of hydrogen-bond donors (Lipinski definition) is 10. The Bertz CT molecular complexity index is 2070. The lowest BCUT2D eigenvalue weighted by Gasteiger charge is -2.27. The van der Waals surface area contributed by atoms with Gasteiger partial charge in [0.05, 0.1) is 71.0 Å². The van der Waals surface area contributed by atoms with Gasteiger partial charge in [-0.2, -0.15) is 0 Å². The minimum Gasteiger partial charge on any atom is -0.481 e. The molecule has 30 heteroatoms. The summed E-state index contributed by atoms with van der Waals surface area (Å²) in [4.78, 5) is 171. The average Bonchev–Trinajstić information content (AvgIpc) is 3.83. The third-order valence-corrected chi connectivity index (χ3v) is 10.8. The number of cyclic esters (lactones) is 6. The van der Waals surface area contributed by atoms with Gasteiger partial charge in [-0.1, -0.05) is 79.2 Å². The lowest BCUT2D eigenvalue weighted by Crippen LogP contribution is -2.38. The first-order valence-electron chi connectivity index (χ1n) is 21.4. The molecule has 0 amide bonds. The maximum absolute atomic E-state index is 11.4. The van der Waals surface area contributed by atoms with E-state index in [9.17, 15) is 76.7 Å². The summed E-state index contributed by atoms with van der Waals surface area (Å²) in [5.41, 5.74) is -5.04. The van der Waals surface area contributed by atoms with Gasteiger partial charge in [-0.25, -0.2) is 9.59 Å². The van der Waals surface area contributed by atoms with Gasteiger partial charge in [-0.3, -0.25) is 67.1 Å². The van der Waals surface area contributed by atoms with Crippen LogP contribution in [0.4, 0.5) is 0 Å². The third-order valence-electron chi connectivity index (χ3n) is 10.8. The molecule has 2 saturated heterocycles. The third kappa shape index (κ3) is 34.6. The van der Waals surface area contributed by atoms with E-state index in [1.807, 2.05) is 6.92 Å². The molecule has 2 fully saturated rings. The molecule has 3 heterocycles. The predicted octanol–water partition coefficient (Wildman–Crippen LogP) is 4.89. The van der Waals surface area contributed by atoms with Gasteiger partial charge in [0.15, 0.2) is 0 Å². The quantitative estimate of drug-likeness (QED) is 0.0415. The molecule has 9 unspecified atom stereocenters. The summed E-state index contributed by atoms with van der Waals surface area (Å²) in [6.07, 6.45) is 0.358. The van der Waals surface area contributed by atoms with Gasteiger partial charge in [-0.15, -0.1) is 0 Å². The van der Waals surface area contributed by atoms with E-state index in [2.05, 4.69) is 14.2 Å². The summed E-state index contributed by atoms with van der Waals surface area (Å²) in [5.74, 6) is -22.6. The van der Waals surface area contributed by atoms with Crippen LogP contribution >= 0.6 is 0 Å². The average molecular weight is 1170 g/mol. The normalized spacial score (nSPS) is 18.6. The summed E-state index contributed by atoms with van der Waals surface area (Å²) < 4.78 is 12.8. The highest BCUT2D eigenvalue weighted by molar-refractivity contribution is 6.05. The van der Waals surface area contributed by atoms with Crippen LogP contribution in [0.15, 0.2) is 12.2 Å². The number of carboxylic acid groups (broad SMARTS) is 10. The lowest BCUT2D eigenvalue weighted by molar-refractivity contribution is -0.161. The Morgan fingerprint density at radius 3 is 0.912 bits per heavy atom. The molecule has 12 N–H and O–H groups in total. The van der Waals surface area contributed by atoms with Gasteiger partial charge in [0.1, 0.15) is 0 Å². The van der Waals surface area contributed by atoms with Crippen LogP contribution in [0.5, 0.6) is 0 Å². The van der Waals surface area contributed by atoms with E-state index < -0.39 is 173 Å². The van der Waals surface area contributed by atoms with Crippen molar-refractivity contribution in [3.05, 3.63) is 12.2 Å². The summed E-state index contributed by atoms with van der Waals surface area (Å²) in [7, 11) is 0. The first-order valence-corrected chi connectivity index (χ1v) is 21.4. The standard InChI is InChI=1S/C11H16O8.2C11H14O7.C4H2O3.C4H8O2.C3H6O2.6CH4.H2O/c1-5(8(14)15)6(9(16)17)3-11(2,10(18)19)4-7(12)13;2*1-5-6(9(15)18-8(5)14)3-11(2,10(16)17)4-7(12)13;5-3-1-2-4(6)7-3;1-2-3-4(5)6;1-2-3(4)5;;;;;;;/h5-6H,3-4H2,1-2H3,(H,12,13)(H,14,15)(H,16,17)(H,18,19);2*5-6H,3-4H2,1-2H3,(H,12,13)(H,16,17);1-2H;2-3H2,1H3,(H,5,6);2H2,1H3,(H,4,5);6*1H4;1H2. The zero-order valence-corrected chi connectivity index (χ0v) is 41.2. The second-order valence-corrected chi connectivity index (χ2v) is 17.2. The first-order chi connectivity index (χ1) is 33.2. The fourth-order valence-corrected chi connectivity index (χ4v) is 6.12. The molecule has 80 heavy (non-hydrogen) atoms. The highest BCUT2D eigenvalue weighted by atomic mass is 16.6. The van der Waals surface area contributed by atoms with Crippen molar-refractivity contribution in [2.24, 2.45) is 51.8 Å². The second-order valence-electron chi connectivity index (χ2n) is 17.2. The monoisotopic (exact) mass is 1170 g/mol. The molecule has 0 aromatic carbocycles. The molecule has 3 rings (SSSR count). The van der Waals surface area contributed by atoms with Crippen molar-refractivity contribution in [2.45, 2.75) is 158 Å². The summed E-state index contributed by atoms with van der Waals surface area (Å²) in [6.45, 7) is 11.1. The molecule has 30 nitrogen and oxygen atoms in total.